The highest BCUT2D eigenvalue weighted by atomic mass is 35.5. The molecule has 0 aliphatic heterocycles. The molecule has 1 rings (SSSR count). The first-order chi connectivity index (χ1) is 8.43. The molecule has 0 saturated heterocycles. The molecule has 1 aromatic heterocycles. The summed E-state index contributed by atoms with van der Waals surface area (Å²) in [6.45, 7) is 0. The van der Waals surface area contributed by atoms with Crippen LogP contribution in [0.3, 0.4) is 0 Å². The minimum Gasteiger partial charge on any atom is -0.381 e. The second kappa shape index (κ2) is 4.72. The van der Waals surface area contributed by atoms with Crippen LogP contribution >= 0.6 is 11.6 Å². The van der Waals surface area contributed by atoms with E-state index in [4.69, 9.17) is 11.6 Å². The fourth-order valence-electron chi connectivity index (χ4n) is 1.00. The van der Waals surface area contributed by atoms with E-state index in [9.17, 15) is 36.5 Å². The van der Waals surface area contributed by atoms with Crippen molar-refractivity contribution in [1.82, 2.24) is 4.98 Å². The minimum atomic E-state index is -5.36. The third-order valence-corrected chi connectivity index (χ3v) is 2.04. The van der Waals surface area contributed by atoms with Crippen molar-refractivity contribution >= 4 is 17.3 Å². The summed E-state index contributed by atoms with van der Waals surface area (Å²) < 4.78 is 75.9. The van der Waals surface area contributed by atoms with Gasteiger partial charge in [0, 0.05) is 6.20 Å². The van der Waals surface area contributed by atoms with Gasteiger partial charge >= 0.3 is 24.1 Å². The number of rotatable bonds is 2. The van der Waals surface area contributed by atoms with Crippen LogP contribution in [-0.4, -0.2) is 16.3 Å². The molecule has 0 aliphatic carbocycles. The van der Waals surface area contributed by atoms with Gasteiger partial charge in [0.05, 0.1) is 10.5 Å². The summed E-state index contributed by atoms with van der Waals surface area (Å²) in [6.07, 6.45) is -10.6. The molecule has 0 N–H and O–H groups in total. The van der Waals surface area contributed by atoms with E-state index in [1.807, 2.05) is 0 Å². The summed E-state index contributed by atoms with van der Waals surface area (Å²) in [7, 11) is 0. The summed E-state index contributed by atoms with van der Waals surface area (Å²) in [5.41, 5.74) is -3.45. The van der Waals surface area contributed by atoms with Crippen molar-refractivity contribution in [3.8, 4) is 5.88 Å². The zero-order valence-electron chi connectivity index (χ0n) is 8.34. The summed E-state index contributed by atoms with van der Waals surface area (Å²) in [5, 5.41) is 8.94. The number of hydrogen-bond acceptors (Lipinski definition) is 4. The van der Waals surface area contributed by atoms with Crippen LogP contribution in [0.5, 0.6) is 5.88 Å². The van der Waals surface area contributed by atoms with Gasteiger partial charge < -0.3 is 4.74 Å². The third-order valence-electron chi connectivity index (χ3n) is 1.66. The van der Waals surface area contributed by atoms with Gasteiger partial charge in [0.2, 0.25) is 0 Å². The molecule has 106 valence electrons. The first kappa shape index (κ1) is 15.3. The second-order valence-corrected chi connectivity index (χ2v) is 3.32. The van der Waals surface area contributed by atoms with Crippen LogP contribution in [0.1, 0.15) is 5.56 Å². The smallest absolute Gasteiger partial charge is 0.381 e. The maximum Gasteiger partial charge on any atom is 0.574 e. The van der Waals surface area contributed by atoms with E-state index < -0.39 is 39.6 Å². The van der Waals surface area contributed by atoms with Gasteiger partial charge in [0.25, 0.3) is 0 Å². The predicted octanol–water partition coefficient (Wildman–Crippen LogP) is 3.56. The summed E-state index contributed by atoms with van der Waals surface area (Å²) in [6, 6.07) is 0. The fourth-order valence-corrected chi connectivity index (χ4v) is 1.31. The Bertz CT molecular complexity index is 515. The lowest BCUT2D eigenvalue weighted by Gasteiger charge is -2.12. The number of nitro groups is 1. The van der Waals surface area contributed by atoms with Crippen molar-refractivity contribution in [2.75, 3.05) is 0 Å². The zero-order valence-corrected chi connectivity index (χ0v) is 9.10. The number of hydrogen-bond donors (Lipinski definition) is 0. The number of halogens is 7. The van der Waals surface area contributed by atoms with Crippen molar-refractivity contribution in [2.45, 2.75) is 12.5 Å². The van der Waals surface area contributed by atoms with Gasteiger partial charge in [-0.1, -0.05) is 11.6 Å². The molecule has 0 aromatic carbocycles. The maximum absolute atomic E-state index is 12.4. The SMILES string of the molecule is O=[N+]([O-])c1c(OC(F)(F)F)ncc(C(F)(F)F)c1Cl. The molecule has 0 spiro atoms. The van der Waals surface area contributed by atoms with Crippen LogP contribution in [0.4, 0.5) is 32.0 Å². The van der Waals surface area contributed by atoms with E-state index in [0.29, 0.717) is 0 Å². The average molecular weight is 311 g/mol. The molecule has 0 amide bonds. The lowest BCUT2D eigenvalue weighted by Crippen LogP contribution is -2.19. The Morgan fingerprint density at radius 1 is 1.26 bits per heavy atom. The Balaban J connectivity index is 3.45. The normalized spacial score (nSPS) is 12.4. The Morgan fingerprint density at radius 3 is 2.16 bits per heavy atom. The second-order valence-electron chi connectivity index (χ2n) is 2.94. The van der Waals surface area contributed by atoms with Crippen LogP contribution in [0.2, 0.25) is 5.02 Å². The van der Waals surface area contributed by atoms with Gasteiger partial charge in [-0.25, -0.2) is 4.98 Å². The molecular weight excluding hydrogens is 310 g/mol. The highest BCUT2D eigenvalue weighted by molar-refractivity contribution is 6.33. The quantitative estimate of drug-likeness (QED) is 0.476. The molecule has 0 aliphatic rings. The Kier molecular flexibility index (Phi) is 3.79. The number of aromatic nitrogens is 1. The third kappa shape index (κ3) is 3.59. The molecule has 0 atom stereocenters. The summed E-state index contributed by atoms with van der Waals surface area (Å²) in [4.78, 5) is 11.5. The van der Waals surface area contributed by atoms with Gasteiger partial charge in [-0.05, 0) is 0 Å². The summed E-state index contributed by atoms with van der Waals surface area (Å²) in [5.74, 6) is -1.67. The molecule has 1 heterocycles. The van der Waals surface area contributed by atoms with Gasteiger partial charge in [0.15, 0.2) is 0 Å². The number of ether oxygens (including phenoxy) is 1. The molecule has 5 nitrogen and oxygen atoms in total. The highest BCUT2D eigenvalue weighted by Crippen LogP contribution is 2.43. The highest BCUT2D eigenvalue weighted by Gasteiger charge is 2.42. The Labute approximate surface area is 104 Å². The van der Waals surface area contributed by atoms with Gasteiger partial charge in [-0.2, -0.15) is 13.2 Å². The van der Waals surface area contributed by atoms with E-state index in [0.717, 1.165) is 0 Å². The number of nitrogens with zero attached hydrogens (tertiary/aromatic N) is 2. The average Bonchev–Trinajstić information content (AvgIpc) is 2.11. The predicted molar refractivity (Wildman–Crippen MR) is 47.6 cm³/mol. The fraction of sp³-hybridized carbons (Fsp3) is 0.286. The van der Waals surface area contributed by atoms with Crippen LogP contribution in [0, 0.1) is 10.1 Å². The first-order valence-electron chi connectivity index (χ1n) is 4.09. The van der Waals surface area contributed by atoms with E-state index in [-0.39, 0.29) is 6.20 Å². The molecule has 0 saturated carbocycles. The summed E-state index contributed by atoms with van der Waals surface area (Å²) >= 11 is 5.07. The lowest BCUT2D eigenvalue weighted by atomic mass is 10.2. The zero-order chi connectivity index (χ0) is 15.0. The van der Waals surface area contributed by atoms with Crippen LogP contribution < -0.4 is 4.74 Å². The van der Waals surface area contributed by atoms with E-state index in [1.54, 1.807) is 0 Å². The van der Waals surface area contributed by atoms with Crippen molar-refractivity contribution in [3.05, 3.63) is 26.9 Å². The number of pyridine rings is 1. The Morgan fingerprint density at radius 2 is 1.79 bits per heavy atom. The molecule has 1 aromatic rings. The molecule has 0 unspecified atom stereocenters. The van der Waals surface area contributed by atoms with E-state index in [2.05, 4.69) is 9.72 Å². The van der Waals surface area contributed by atoms with Crippen molar-refractivity contribution < 1.29 is 36.0 Å². The van der Waals surface area contributed by atoms with Crippen molar-refractivity contribution in [2.24, 2.45) is 0 Å². The van der Waals surface area contributed by atoms with Gasteiger partial charge in [0.1, 0.15) is 5.02 Å². The van der Waals surface area contributed by atoms with Crippen LogP contribution in [0.25, 0.3) is 0 Å². The molecule has 0 fully saturated rings. The molecule has 12 heteroatoms. The minimum absolute atomic E-state index is 0.0869. The van der Waals surface area contributed by atoms with Gasteiger partial charge in [-0.3, -0.25) is 10.1 Å². The van der Waals surface area contributed by atoms with Crippen LogP contribution in [-0.2, 0) is 6.18 Å². The van der Waals surface area contributed by atoms with Crippen molar-refractivity contribution in [1.29, 1.82) is 0 Å². The largest absolute Gasteiger partial charge is 0.574 e. The molecular formula is C7HClF6N2O3. The maximum atomic E-state index is 12.4. The van der Waals surface area contributed by atoms with E-state index in [1.165, 1.54) is 0 Å². The van der Waals surface area contributed by atoms with E-state index >= 15 is 0 Å². The van der Waals surface area contributed by atoms with Crippen molar-refractivity contribution in [3.63, 3.8) is 0 Å². The molecule has 0 bridgehead atoms. The lowest BCUT2D eigenvalue weighted by molar-refractivity contribution is -0.389. The molecule has 19 heavy (non-hydrogen) atoms. The monoisotopic (exact) mass is 310 g/mol. The number of alkyl halides is 6. The standard InChI is InChI=1S/C7HClF6N2O3/c8-3-2(6(9,10)11)1-15-5(4(3)16(17)18)19-7(12,13)14/h1H. The Hall–Kier alpha value is -1.78. The van der Waals surface area contributed by atoms with Gasteiger partial charge in [-0.15, -0.1) is 13.2 Å². The molecule has 0 radical (unpaired) electrons. The van der Waals surface area contributed by atoms with Crippen LogP contribution in [0.15, 0.2) is 6.20 Å². The topological polar surface area (TPSA) is 65.3 Å². The first-order valence-corrected chi connectivity index (χ1v) is 4.47.